The van der Waals surface area contributed by atoms with Gasteiger partial charge in [-0.05, 0) is 24.6 Å². The predicted octanol–water partition coefficient (Wildman–Crippen LogP) is 3.98. The summed E-state index contributed by atoms with van der Waals surface area (Å²) in [5, 5.41) is 3.29. The van der Waals surface area contributed by atoms with E-state index in [1.807, 2.05) is 12.3 Å². The number of allylic oxidation sites excluding steroid dienone is 5. The molecule has 0 saturated carbocycles. The van der Waals surface area contributed by atoms with Crippen LogP contribution in [0.3, 0.4) is 0 Å². The van der Waals surface area contributed by atoms with Crippen molar-refractivity contribution in [2.24, 2.45) is 0 Å². The maximum absolute atomic E-state index is 4.36. The molecule has 0 unspecified atom stereocenters. The number of thioether (sulfide) groups is 1. The minimum atomic E-state index is 0.846. The van der Waals surface area contributed by atoms with Crippen molar-refractivity contribution in [1.82, 2.24) is 4.98 Å². The SMILES string of the molecule is C1=CCC=CC(SC2=CCNc3ncccc32)=C1. The first kappa shape index (κ1) is 11.4. The van der Waals surface area contributed by atoms with E-state index >= 15 is 0 Å². The zero-order chi connectivity index (χ0) is 12.2. The molecular weight excluding hydrogens is 240 g/mol. The lowest BCUT2D eigenvalue weighted by Gasteiger charge is -2.17. The van der Waals surface area contributed by atoms with Gasteiger partial charge in [0.1, 0.15) is 5.82 Å². The molecule has 2 aliphatic rings. The standard InChI is InChI=1S/C15H14N2S/c1-2-4-7-12(6-3-1)18-14-9-11-17-15-13(14)8-5-10-16-15/h1,3-10H,2,11H2,(H,16,17). The highest BCUT2D eigenvalue weighted by Crippen LogP contribution is 2.38. The normalized spacial score (nSPS) is 17.3. The molecule has 3 heteroatoms. The van der Waals surface area contributed by atoms with Gasteiger partial charge < -0.3 is 5.32 Å². The van der Waals surface area contributed by atoms with Gasteiger partial charge in [0.25, 0.3) is 0 Å². The van der Waals surface area contributed by atoms with Gasteiger partial charge >= 0.3 is 0 Å². The Morgan fingerprint density at radius 3 is 3.28 bits per heavy atom. The van der Waals surface area contributed by atoms with Crippen molar-refractivity contribution in [3.05, 3.63) is 65.3 Å². The first-order valence-corrected chi connectivity index (χ1v) is 6.86. The summed E-state index contributed by atoms with van der Waals surface area (Å²) in [5.74, 6) is 0.983. The molecule has 1 aliphatic heterocycles. The van der Waals surface area contributed by atoms with Gasteiger partial charge in [-0.3, -0.25) is 0 Å². The Balaban J connectivity index is 1.87. The van der Waals surface area contributed by atoms with Gasteiger partial charge in [0.2, 0.25) is 0 Å². The Labute approximate surface area is 111 Å². The Bertz CT molecular complexity index is 568. The molecule has 0 saturated heterocycles. The Hall–Kier alpha value is -1.74. The Morgan fingerprint density at radius 1 is 1.28 bits per heavy atom. The maximum atomic E-state index is 4.36. The summed E-state index contributed by atoms with van der Waals surface area (Å²) in [7, 11) is 0. The third kappa shape index (κ3) is 2.41. The molecule has 0 radical (unpaired) electrons. The van der Waals surface area contributed by atoms with Gasteiger partial charge in [0, 0.05) is 28.1 Å². The minimum absolute atomic E-state index is 0.846. The van der Waals surface area contributed by atoms with Gasteiger partial charge in [0.05, 0.1) is 0 Å². The van der Waals surface area contributed by atoms with Crippen LogP contribution in [0.15, 0.2) is 59.7 Å². The minimum Gasteiger partial charge on any atom is -0.366 e. The van der Waals surface area contributed by atoms with Crippen LogP contribution in [0, 0.1) is 0 Å². The van der Waals surface area contributed by atoms with Crippen LogP contribution in [0.2, 0.25) is 0 Å². The molecule has 3 rings (SSSR count). The van der Waals surface area contributed by atoms with Crippen molar-refractivity contribution in [2.45, 2.75) is 6.42 Å². The highest BCUT2D eigenvalue weighted by molar-refractivity contribution is 8.12. The largest absolute Gasteiger partial charge is 0.366 e. The smallest absolute Gasteiger partial charge is 0.134 e. The van der Waals surface area contributed by atoms with E-state index in [1.165, 1.54) is 15.4 Å². The summed E-state index contributed by atoms with van der Waals surface area (Å²) in [6.07, 6.45) is 15.9. The fraction of sp³-hybridized carbons (Fsp3) is 0.133. The van der Waals surface area contributed by atoms with Crippen molar-refractivity contribution in [3.63, 3.8) is 0 Å². The summed E-state index contributed by atoms with van der Waals surface area (Å²) in [4.78, 5) is 6.92. The van der Waals surface area contributed by atoms with Crippen molar-refractivity contribution in [2.75, 3.05) is 11.9 Å². The van der Waals surface area contributed by atoms with E-state index in [0.29, 0.717) is 0 Å². The number of nitrogens with zero attached hydrogens (tertiary/aromatic N) is 1. The second kappa shape index (κ2) is 5.27. The number of hydrogen-bond acceptors (Lipinski definition) is 3. The highest BCUT2D eigenvalue weighted by Gasteiger charge is 2.13. The topological polar surface area (TPSA) is 24.9 Å². The lowest BCUT2D eigenvalue weighted by Crippen LogP contribution is -2.08. The van der Waals surface area contributed by atoms with E-state index < -0.39 is 0 Å². The fourth-order valence-electron chi connectivity index (χ4n) is 1.95. The van der Waals surface area contributed by atoms with Crippen LogP contribution in [0.5, 0.6) is 0 Å². The molecule has 1 aliphatic carbocycles. The average molecular weight is 254 g/mol. The molecule has 2 heterocycles. The third-order valence-electron chi connectivity index (χ3n) is 2.81. The molecule has 0 aromatic carbocycles. The number of nitrogens with one attached hydrogen (secondary N) is 1. The van der Waals surface area contributed by atoms with Gasteiger partial charge in [-0.2, -0.15) is 0 Å². The molecule has 0 fully saturated rings. The number of pyridine rings is 1. The highest BCUT2D eigenvalue weighted by atomic mass is 32.2. The number of rotatable bonds is 2. The summed E-state index contributed by atoms with van der Waals surface area (Å²) in [6, 6.07) is 4.10. The second-order valence-corrected chi connectivity index (χ2v) is 5.20. The van der Waals surface area contributed by atoms with Crippen LogP contribution < -0.4 is 5.32 Å². The second-order valence-electron chi connectivity index (χ2n) is 4.09. The van der Waals surface area contributed by atoms with Crippen molar-refractivity contribution in [3.8, 4) is 0 Å². The molecule has 1 aromatic heterocycles. The Kier molecular flexibility index (Phi) is 3.33. The van der Waals surface area contributed by atoms with Gasteiger partial charge in [0.15, 0.2) is 0 Å². The van der Waals surface area contributed by atoms with E-state index in [9.17, 15) is 0 Å². The van der Waals surface area contributed by atoms with E-state index in [4.69, 9.17) is 0 Å². The van der Waals surface area contributed by atoms with Crippen LogP contribution in [-0.2, 0) is 0 Å². The summed E-state index contributed by atoms with van der Waals surface area (Å²) >= 11 is 1.80. The van der Waals surface area contributed by atoms with E-state index in [0.717, 1.165) is 18.8 Å². The number of aromatic nitrogens is 1. The third-order valence-corrected chi connectivity index (χ3v) is 3.92. The van der Waals surface area contributed by atoms with E-state index in [2.05, 4.69) is 52.8 Å². The molecule has 1 N–H and O–H groups in total. The average Bonchev–Trinajstić information content (AvgIpc) is 2.68. The zero-order valence-corrected chi connectivity index (χ0v) is 10.8. The monoisotopic (exact) mass is 254 g/mol. The summed E-state index contributed by atoms with van der Waals surface area (Å²) in [6.45, 7) is 0.846. The number of fused-ring (bicyclic) bond motifs is 1. The molecule has 90 valence electrons. The molecule has 18 heavy (non-hydrogen) atoms. The zero-order valence-electron chi connectivity index (χ0n) is 9.97. The van der Waals surface area contributed by atoms with Gasteiger partial charge in [-0.25, -0.2) is 4.98 Å². The van der Waals surface area contributed by atoms with Crippen molar-refractivity contribution >= 4 is 22.5 Å². The molecule has 1 aromatic rings. The molecule has 0 spiro atoms. The lowest BCUT2D eigenvalue weighted by molar-refractivity contribution is 1.20. The van der Waals surface area contributed by atoms with Gasteiger partial charge in [-0.1, -0.05) is 42.1 Å². The first-order valence-electron chi connectivity index (χ1n) is 6.04. The van der Waals surface area contributed by atoms with E-state index in [-0.39, 0.29) is 0 Å². The van der Waals surface area contributed by atoms with Crippen LogP contribution >= 0.6 is 11.8 Å². The van der Waals surface area contributed by atoms with Crippen molar-refractivity contribution < 1.29 is 0 Å². The fourth-order valence-corrected chi connectivity index (χ4v) is 2.95. The number of hydrogen-bond donors (Lipinski definition) is 1. The first-order chi connectivity index (χ1) is 8.93. The molecule has 0 atom stereocenters. The maximum Gasteiger partial charge on any atom is 0.134 e. The van der Waals surface area contributed by atoms with Crippen LogP contribution in [-0.4, -0.2) is 11.5 Å². The van der Waals surface area contributed by atoms with Crippen LogP contribution in [0.4, 0.5) is 5.82 Å². The lowest BCUT2D eigenvalue weighted by atomic mass is 10.2. The van der Waals surface area contributed by atoms with Crippen LogP contribution in [0.1, 0.15) is 12.0 Å². The van der Waals surface area contributed by atoms with E-state index in [1.54, 1.807) is 11.8 Å². The summed E-state index contributed by atoms with van der Waals surface area (Å²) in [5.41, 5.74) is 1.19. The summed E-state index contributed by atoms with van der Waals surface area (Å²) < 4.78 is 0. The predicted molar refractivity (Wildman–Crippen MR) is 79.3 cm³/mol. The van der Waals surface area contributed by atoms with Gasteiger partial charge in [-0.15, -0.1) is 0 Å². The molecular formula is C15H14N2S. The number of anilines is 1. The Morgan fingerprint density at radius 2 is 2.28 bits per heavy atom. The molecule has 0 amide bonds. The quantitative estimate of drug-likeness (QED) is 0.864. The molecule has 0 bridgehead atoms. The molecule has 2 nitrogen and oxygen atoms in total. The van der Waals surface area contributed by atoms with Crippen LogP contribution in [0.25, 0.3) is 4.91 Å². The van der Waals surface area contributed by atoms with Crippen molar-refractivity contribution in [1.29, 1.82) is 0 Å².